The van der Waals surface area contributed by atoms with Crippen molar-refractivity contribution in [2.75, 3.05) is 0 Å². The van der Waals surface area contributed by atoms with Gasteiger partial charge in [-0.1, -0.05) is 0 Å². The van der Waals surface area contributed by atoms with E-state index in [0.717, 1.165) is 13.3 Å². The van der Waals surface area contributed by atoms with Crippen LogP contribution in [-0.4, -0.2) is 21.2 Å². The van der Waals surface area contributed by atoms with Gasteiger partial charge in [-0.2, -0.15) is 0 Å². The van der Waals surface area contributed by atoms with Crippen molar-refractivity contribution >= 4 is 34.5 Å². The van der Waals surface area contributed by atoms with Gasteiger partial charge in [-0.05, 0) is 0 Å². The van der Waals surface area contributed by atoms with Crippen LogP contribution in [0.25, 0.3) is 0 Å². The maximum atomic E-state index is 5.79. The van der Waals surface area contributed by atoms with Crippen molar-refractivity contribution in [3.8, 4) is 0 Å². The number of hydrogen-bond donors (Lipinski definition) is 0. The molecular weight excluding hydrogens is 463 g/mol. The first-order valence-corrected chi connectivity index (χ1v) is 14.4. The van der Waals surface area contributed by atoms with Crippen LogP contribution in [0.3, 0.4) is 0 Å². The van der Waals surface area contributed by atoms with Gasteiger partial charge < -0.3 is 0 Å². The van der Waals surface area contributed by atoms with E-state index in [1.165, 1.54) is 0 Å². The van der Waals surface area contributed by atoms with E-state index in [1.54, 1.807) is 25.1 Å². The van der Waals surface area contributed by atoms with Gasteiger partial charge in [0.25, 0.3) is 0 Å². The van der Waals surface area contributed by atoms with E-state index in [1.807, 2.05) is 48.5 Å². The molecule has 0 fully saturated rings. The van der Waals surface area contributed by atoms with Gasteiger partial charge in [0.1, 0.15) is 0 Å². The standard InChI is InChI=1S/4C4H3O.Pb/c4*1-2-4-5-3-1;/h4*1-3H;. The number of rotatable bonds is 4. The fraction of sp³-hybridized carbons (Fsp3) is 0. The first kappa shape index (κ1) is 12.8. The molecule has 21 heavy (non-hydrogen) atoms. The number of hydrogen-bond acceptors (Lipinski definition) is 4. The molecule has 0 atom stereocenters. The fourth-order valence-electron chi connectivity index (χ4n) is 2.70. The summed E-state index contributed by atoms with van der Waals surface area (Å²) in [4.78, 5) is 0. The molecule has 0 unspecified atom stereocenters. The van der Waals surface area contributed by atoms with E-state index in [2.05, 4.69) is 0 Å². The quantitative estimate of drug-likeness (QED) is 0.420. The molecule has 0 aliphatic rings. The third kappa shape index (κ3) is 1.85. The summed E-state index contributed by atoms with van der Waals surface area (Å²) in [5.41, 5.74) is 0. The molecule has 0 aliphatic carbocycles. The number of furan rings is 4. The molecule has 0 amide bonds. The Morgan fingerprint density at radius 1 is 0.476 bits per heavy atom. The van der Waals surface area contributed by atoms with E-state index in [-0.39, 0.29) is 0 Å². The minimum absolute atomic E-state index is 0.891. The summed E-state index contributed by atoms with van der Waals surface area (Å²) in [7, 11) is 0. The Bertz CT molecular complexity index is 638. The molecule has 0 radical (unpaired) electrons. The first-order valence-electron chi connectivity index (χ1n) is 6.58. The second-order valence-corrected chi connectivity index (χ2v) is 18.2. The van der Waals surface area contributed by atoms with Crippen LogP contribution in [0.1, 0.15) is 0 Å². The van der Waals surface area contributed by atoms with Crippen LogP contribution in [0.2, 0.25) is 0 Å². The Morgan fingerprint density at radius 3 is 0.952 bits per heavy atom. The monoisotopic (exact) mass is 476 g/mol. The SMILES string of the molecule is c1co[c]([Pb]([c]2ccco2)([c]2ccco2)[c]2ccco2)c1. The van der Waals surface area contributed by atoms with Crippen LogP contribution in [0.5, 0.6) is 0 Å². The van der Waals surface area contributed by atoms with Crippen LogP contribution in [0.15, 0.2) is 91.3 Å². The maximum absolute atomic E-state index is 5.79. The Hall–Kier alpha value is -1.96. The van der Waals surface area contributed by atoms with Crippen LogP contribution < -0.4 is 13.3 Å². The summed E-state index contributed by atoms with van der Waals surface area (Å²) in [6, 6.07) is 15.5. The summed E-state index contributed by atoms with van der Waals surface area (Å²) in [5, 5.41) is 0. The van der Waals surface area contributed by atoms with E-state index in [9.17, 15) is 0 Å². The minimum atomic E-state index is -3.89. The van der Waals surface area contributed by atoms with Gasteiger partial charge in [-0.3, -0.25) is 0 Å². The summed E-state index contributed by atoms with van der Waals surface area (Å²) in [6.45, 7) is 0. The molecule has 0 N–H and O–H groups in total. The van der Waals surface area contributed by atoms with Gasteiger partial charge in [0.2, 0.25) is 0 Å². The first-order chi connectivity index (χ1) is 10.4. The molecule has 0 bridgehead atoms. The molecule has 4 aromatic rings. The van der Waals surface area contributed by atoms with E-state index < -0.39 is 21.2 Å². The molecule has 4 nitrogen and oxygen atoms in total. The molecule has 4 heterocycles. The normalized spacial score (nSPS) is 11.8. The predicted octanol–water partition coefficient (Wildman–Crippen LogP) is 1.44. The van der Waals surface area contributed by atoms with Crippen molar-refractivity contribution in [2.24, 2.45) is 0 Å². The predicted molar refractivity (Wildman–Crippen MR) is 79.1 cm³/mol. The van der Waals surface area contributed by atoms with Crippen molar-refractivity contribution in [1.29, 1.82) is 0 Å². The fourth-order valence-corrected chi connectivity index (χ4v) is 17.6. The van der Waals surface area contributed by atoms with E-state index in [0.29, 0.717) is 0 Å². The summed E-state index contributed by atoms with van der Waals surface area (Å²) >= 11 is -3.89. The van der Waals surface area contributed by atoms with Gasteiger partial charge in [0, 0.05) is 0 Å². The van der Waals surface area contributed by atoms with Crippen molar-refractivity contribution in [1.82, 2.24) is 0 Å². The van der Waals surface area contributed by atoms with Crippen molar-refractivity contribution in [2.45, 2.75) is 0 Å². The van der Waals surface area contributed by atoms with Gasteiger partial charge in [-0.15, -0.1) is 0 Å². The second kappa shape index (κ2) is 5.10. The van der Waals surface area contributed by atoms with Crippen LogP contribution in [-0.2, 0) is 0 Å². The zero-order chi connectivity index (χ0) is 14.1. The zero-order valence-electron chi connectivity index (χ0n) is 11.1. The molecule has 0 aliphatic heterocycles. The molecule has 5 heteroatoms. The summed E-state index contributed by atoms with van der Waals surface area (Å²) in [5.74, 6) is 0. The summed E-state index contributed by atoms with van der Waals surface area (Å²) < 4.78 is 26.7. The van der Waals surface area contributed by atoms with Crippen LogP contribution in [0.4, 0.5) is 0 Å². The van der Waals surface area contributed by atoms with Gasteiger partial charge in [0.05, 0.1) is 0 Å². The van der Waals surface area contributed by atoms with Gasteiger partial charge >= 0.3 is 126 Å². The van der Waals surface area contributed by atoms with Gasteiger partial charge in [0.15, 0.2) is 0 Å². The molecule has 0 saturated heterocycles. The van der Waals surface area contributed by atoms with Crippen molar-refractivity contribution < 1.29 is 17.7 Å². The topological polar surface area (TPSA) is 52.6 Å². The Labute approximate surface area is 125 Å². The van der Waals surface area contributed by atoms with Crippen LogP contribution >= 0.6 is 0 Å². The third-order valence-corrected chi connectivity index (χ3v) is 19.5. The Balaban J connectivity index is 2.10. The van der Waals surface area contributed by atoms with E-state index in [4.69, 9.17) is 17.7 Å². The molecule has 0 aromatic carbocycles. The second-order valence-electron chi connectivity index (χ2n) is 4.66. The molecular formula is C16H12O4Pb. The third-order valence-electron chi connectivity index (χ3n) is 3.56. The Kier molecular flexibility index (Phi) is 3.10. The van der Waals surface area contributed by atoms with Crippen molar-refractivity contribution in [3.05, 3.63) is 73.6 Å². The molecule has 4 aromatic heterocycles. The molecule has 0 spiro atoms. The summed E-state index contributed by atoms with van der Waals surface area (Å²) in [6.07, 6.45) is 6.72. The Morgan fingerprint density at radius 2 is 0.762 bits per heavy atom. The molecule has 104 valence electrons. The van der Waals surface area contributed by atoms with E-state index >= 15 is 0 Å². The van der Waals surface area contributed by atoms with Crippen LogP contribution in [0, 0.1) is 0 Å². The van der Waals surface area contributed by atoms with Gasteiger partial charge in [-0.25, -0.2) is 0 Å². The molecule has 0 saturated carbocycles. The van der Waals surface area contributed by atoms with Crippen molar-refractivity contribution in [3.63, 3.8) is 0 Å². The average molecular weight is 475 g/mol. The average Bonchev–Trinajstić information content (AvgIpc) is 3.32. The zero-order valence-corrected chi connectivity index (χ0v) is 14.9. The molecule has 4 rings (SSSR count).